The number of nitrogens with zero attached hydrogens (tertiary/aromatic N) is 4. The summed E-state index contributed by atoms with van der Waals surface area (Å²) in [7, 11) is 0. The lowest BCUT2D eigenvalue weighted by molar-refractivity contribution is 0.0956. The first-order chi connectivity index (χ1) is 21.4. The lowest BCUT2D eigenvalue weighted by Crippen LogP contribution is -2.40. The normalized spacial score (nSPS) is 19.2. The number of pyridine rings is 1. The molecule has 0 aliphatic carbocycles. The second kappa shape index (κ2) is 11.2. The summed E-state index contributed by atoms with van der Waals surface area (Å²) in [5, 5.41) is 8.33. The number of rotatable bonds is 6. The van der Waals surface area contributed by atoms with Gasteiger partial charge in [0.15, 0.2) is 17.3 Å². The van der Waals surface area contributed by atoms with Gasteiger partial charge in [-0.05, 0) is 61.0 Å². The summed E-state index contributed by atoms with van der Waals surface area (Å²) in [5.41, 5.74) is 6.29. The van der Waals surface area contributed by atoms with E-state index in [0.717, 1.165) is 30.2 Å². The van der Waals surface area contributed by atoms with Crippen LogP contribution < -0.4 is 31.4 Å². The van der Waals surface area contributed by atoms with Gasteiger partial charge in [-0.25, -0.2) is 14.4 Å². The maximum Gasteiger partial charge on any atom is 0.257 e. The predicted molar refractivity (Wildman–Crippen MR) is 171 cm³/mol. The average Bonchev–Trinajstić information content (AvgIpc) is 3.46. The zero-order valence-corrected chi connectivity index (χ0v) is 24.1. The van der Waals surface area contributed by atoms with Gasteiger partial charge in [0, 0.05) is 31.9 Å². The third-order valence-corrected chi connectivity index (χ3v) is 8.70. The van der Waals surface area contributed by atoms with Crippen LogP contribution in [0.15, 0.2) is 75.6 Å². The molecule has 7 rings (SSSR count). The minimum Gasteiger partial charge on any atom is -0.451 e. The largest absolute Gasteiger partial charge is 0.451 e. The Labute approximate surface area is 252 Å². The van der Waals surface area contributed by atoms with Gasteiger partial charge in [-0.2, -0.15) is 0 Å². The van der Waals surface area contributed by atoms with Crippen LogP contribution in [-0.4, -0.2) is 61.9 Å². The van der Waals surface area contributed by atoms with E-state index in [2.05, 4.69) is 27.3 Å². The van der Waals surface area contributed by atoms with Crippen molar-refractivity contribution < 1.29 is 13.9 Å². The highest BCUT2D eigenvalue weighted by Crippen LogP contribution is 2.48. The Morgan fingerprint density at radius 2 is 2.02 bits per heavy atom. The Bertz CT molecular complexity index is 1940. The summed E-state index contributed by atoms with van der Waals surface area (Å²) >= 11 is 0. The van der Waals surface area contributed by atoms with Crippen LogP contribution in [-0.2, 0) is 0 Å². The van der Waals surface area contributed by atoms with E-state index in [4.69, 9.17) is 10.5 Å². The number of hydrogen-bond donors (Lipinski definition) is 3. The molecule has 1 aromatic heterocycles. The molecule has 4 N–H and O–H groups in total. The number of nitrogens with one attached hydrogen (secondary N) is 2. The molecule has 3 aliphatic heterocycles. The minimum absolute atomic E-state index is 0.0726. The van der Waals surface area contributed by atoms with Crippen molar-refractivity contribution in [3.8, 4) is 17.2 Å². The molecular weight excluding hydrogens is 561 g/mol. The quantitative estimate of drug-likeness (QED) is 0.156. The van der Waals surface area contributed by atoms with E-state index >= 15 is 4.39 Å². The first-order valence-electron chi connectivity index (χ1n) is 14.7. The Morgan fingerprint density at radius 3 is 2.82 bits per heavy atom. The SMILES string of the molecule is C=NC(N)=NC/C=C/CNC(=O)c1cn2c3c(c(N4CC5CCCNC5C4)c(F)cc3c1=O)Oc1cc3ccccc3cc1-2. The van der Waals surface area contributed by atoms with Gasteiger partial charge in [-0.15, -0.1) is 0 Å². The third-order valence-electron chi connectivity index (χ3n) is 8.70. The van der Waals surface area contributed by atoms with Gasteiger partial charge in [0.1, 0.15) is 16.8 Å². The zero-order valence-electron chi connectivity index (χ0n) is 24.1. The van der Waals surface area contributed by atoms with Crippen LogP contribution in [0.4, 0.5) is 10.1 Å². The van der Waals surface area contributed by atoms with Crippen LogP contribution in [0.5, 0.6) is 11.5 Å². The number of piperidine rings is 1. The topological polar surface area (TPSA) is 126 Å². The standard InChI is InChI=1S/C33H32FN7O3/c1-36-33(35)39-11-5-4-10-38-32(43)23-17-41-26-13-19-7-2-3-8-20(19)14-27(26)44-31-28(41)22(30(23)42)15-24(34)29(31)40-16-21-9-6-12-37-25(21)18-40/h2-5,7-8,13-15,17,21,25,37H,1,6,9-12,16,18H2,(H2,35,39)(H,38,43)/b5-4+. The summed E-state index contributed by atoms with van der Waals surface area (Å²) in [6.45, 7) is 6.03. The highest BCUT2D eigenvalue weighted by Gasteiger charge is 2.38. The van der Waals surface area contributed by atoms with E-state index in [1.165, 1.54) is 12.3 Å². The Hall–Kier alpha value is -5.03. The monoisotopic (exact) mass is 593 g/mol. The minimum atomic E-state index is -0.573. The van der Waals surface area contributed by atoms with Crippen LogP contribution in [0.2, 0.25) is 0 Å². The first kappa shape index (κ1) is 27.8. The molecule has 4 aromatic rings. The number of carbonyl (C=O) groups is 1. The fourth-order valence-electron chi connectivity index (χ4n) is 6.58. The summed E-state index contributed by atoms with van der Waals surface area (Å²) in [5.74, 6) is 0.177. The molecule has 3 aromatic carbocycles. The molecule has 0 spiro atoms. The summed E-state index contributed by atoms with van der Waals surface area (Å²) in [6.07, 6.45) is 7.12. The van der Waals surface area contributed by atoms with E-state index < -0.39 is 17.2 Å². The van der Waals surface area contributed by atoms with E-state index in [-0.39, 0.29) is 36.0 Å². The molecule has 1 amide bonds. The molecule has 44 heavy (non-hydrogen) atoms. The zero-order chi connectivity index (χ0) is 30.4. The molecular formula is C33H32FN7O3. The maximum atomic E-state index is 16.2. The van der Waals surface area contributed by atoms with Gasteiger partial charge >= 0.3 is 0 Å². The van der Waals surface area contributed by atoms with Crippen molar-refractivity contribution in [2.75, 3.05) is 37.6 Å². The van der Waals surface area contributed by atoms with Crippen LogP contribution in [0.1, 0.15) is 23.2 Å². The number of benzene rings is 3. The average molecular weight is 594 g/mol. The molecule has 2 saturated heterocycles. The molecule has 11 heteroatoms. The second-order valence-corrected chi connectivity index (χ2v) is 11.3. The van der Waals surface area contributed by atoms with Crippen molar-refractivity contribution in [2.24, 2.45) is 21.6 Å². The lowest BCUT2D eigenvalue weighted by Gasteiger charge is -2.29. The number of hydrogen-bond acceptors (Lipinski definition) is 6. The van der Waals surface area contributed by atoms with Gasteiger partial charge in [-0.3, -0.25) is 9.59 Å². The molecule has 0 radical (unpaired) electrons. The van der Waals surface area contributed by atoms with Crippen molar-refractivity contribution in [3.63, 3.8) is 0 Å². The number of fused-ring (bicyclic) bond motifs is 4. The highest BCUT2D eigenvalue weighted by atomic mass is 19.1. The predicted octanol–water partition coefficient (Wildman–Crippen LogP) is 3.88. The number of nitrogens with two attached hydrogens (primary N) is 1. The number of aliphatic imine (C=N–C) groups is 2. The van der Waals surface area contributed by atoms with E-state index in [1.807, 2.05) is 41.3 Å². The van der Waals surface area contributed by atoms with Gasteiger partial charge in [0.2, 0.25) is 11.4 Å². The summed E-state index contributed by atoms with van der Waals surface area (Å²) < 4.78 is 24.5. The molecule has 3 aliphatic rings. The van der Waals surface area contributed by atoms with Crippen LogP contribution in [0.25, 0.3) is 27.4 Å². The van der Waals surface area contributed by atoms with Gasteiger partial charge in [0.05, 0.1) is 17.6 Å². The summed E-state index contributed by atoms with van der Waals surface area (Å²) in [6, 6.07) is 13.3. The Kier molecular flexibility index (Phi) is 7.09. The van der Waals surface area contributed by atoms with Crippen molar-refractivity contribution in [3.05, 3.63) is 82.4 Å². The number of amides is 1. The molecule has 2 unspecified atom stereocenters. The van der Waals surface area contributed by atoms with Crippen molar-refractivity contribution in [1.82, 2.24) is 15.2 Å². The number of halogens is 1. The second-order valence-electron chi connectivity index (χ2n) is 11.3. The maximum absolute atomic E-state index is 16.2. The highest BCUT2D eigenvalue weighted by molar-refractivity contribution is 6.02. The molecule has 0 bridgehead atoms. The third kappa shape index (κ3) is 4.79. The molecule has 2 fully saturated rings. The van der Waals surface area contributed by atoms with Crippen molar-refractivity contribution in [1.29, 1.82) is 0 Å². The number of aromatic nitrogens is 1. The van der Waals surface area contributed by atoms with Gasteiger partial charge in [0.25, 0.3) is 5.91 Å². The smallest absolute Gasteiger partial charge is 0.257 e. The first-order valence-corrected chi connectivity index (χ1v) is 14.7. The Morgan fingerprint density at radius 1 is 1.20 bits per heavy atom. The van der Waals surface area contributed by atoms with Crippen molar-refractivity contribution >= 4 is 45.9 Å². The number of anilines is 1. The number of ether oxygens (including phenoxy) is 1. The van der Waals surface area contributed by atoms with E-state index in [0.29, 0.717) is 47.4 Å². The van der Waals surface area contributed by atoms with Gasteiger partial charge in [-0.1, -0.05) is 36.4 Å². The molecule has 0 saturated carbocycles. The van der Waals surface area contributed by atoms with Crippen molar-refractivity contribution in [2.45, 2.75) is 18.9 Å². The van der Waals surface area contributed by atoms with Crippen LogP contribution >= 0.6 is 0 Å². The van der Waals surface area contributed by atoms with Gasteiger partial charge < -0.3 is 30.6 Å². The fourth-order valence-corrected chi connectivity index (χ4v) is 6.58. The number of carbonyl (C=O) groups excluding carboxylic acids is 1. The molecule has 4 heterocycles. The van der Waals surface area contributed by atoms with E-state index in [1.54, 1.807) is 16.7 Å². The van der Waals surface area contributed by atoms with E-state index in [9.17, 15) is 9.59 Å². The summed E-state index contributed by atoms with van der Waals surface area (Å²) in [4.78, 5) is 36.6. The molecule has 2 atom stereocenters. The lowest BCUT2D eigenvalue weighted by atomic mass is 9.94. The Balaban J connectivity index is 1.33. The van der Waals surface area contributed by atoms with Crippen LogP contribution in [0, 0.1) is 11.7 Å². The van der Waals surface area contributed by atoms with Crippen LogP contribution in [0.3, 0.4) is 0 Å². The fraction of sp³-hybridized carbons (Fsp3) is 0.273. The molecule has 10 nitrogen and oxygen atoms in total. The number of guanidine groups is 1. The molecule has 224 valence electrons.